The van der Waals surface area contributed by atoms with Crippen LogP contribution in [0, 0.1) is 19.7 Å². The van der Waals surface area contributed by atoms with Gasteiger partial charge in [-0.15, -0.1) is 11.3 Å². The number of aryl methyl sites for hydroxylation is 2. The minimum Gasteiger partial charge on any atom is -0.494 e. The Balaban J connectivity index is 1.63. The number of carbonyl (C=O) groups excluding carboxylic acids is 1. The van der Waals surface area contributed by atoms with Crippen LogP contribution in [-0.2, 0) is 9.53 Å². The van der Waals surface area contributed by atoms with Crippen LogP contribution in [0.25, 0.3) is 10.1 Å². The summed E-state index contributed by atoms with van der Waals surface area (Å²) in [7, 11) is 0. The molecule has 178 valence electrons. The maximum Gasteiger partial charge on any atom is 0.344 e. The Hall–Kier alpha value is -2.60. The summed E-state index contributed by atoms with van der Waals surface area (Å²) >= 11 is 1.78. The first-order chi connectivity index (χ1) is 15.9. The van der Waals surface area contributed by atoms with Crippen LogP contribution in [0.4, 0.5) is 4.39 Å². The molecule has 0 aliphatic carbocycles. The standard InChI is InChI=1S/C27H33FO4S/c1-5-7-8-20(27-19(4)23-16-21(28)9-12-25(23)33-27)13-14-31-22-10-11-24(18(3)15-22)32-17-26(29)30-6-2/h9-12,15-16,20H,5-8,13-14,17H2,1-4H3. The summed E-state index contributed by atoms with van der Waals surface area (Å²) in [4.78, 5) is 12.8. The van der Waals surface area contributed by atoms with E-state index in [0.29, 0.717) is 24.9 Å². The fraction of sp³-hybridized carbons (Fsp3) is 0.444. The van der Waals surface area contributed by atoms with Gasteiger partial charge < -0.3 is 14.2 Å². The van der Waals surface area contributed by atoms with Crippen molar-refractivity contribution in [3.8, 4) is 11.5 Å². The lowest BCUT2D eigenvalue weighted by molar-refractivity contribution is -0.145. The molecule has 0 radical (unpaired) electrons. The van der Waals surface area contributed by atoms with E-state index in [1.165, 1.54) is 16.5 Å². The molecule has 0 N–H and O–H groups in total. The van der Waals surface area contributed by atoms with E-state index >= 15 is 0 Å². The Labute approximate surface area is 199 Å². The lowest BCUT2D eigenvalue weighted by atomic mass is 9.94. The van der Waals surface area contributed by atoms with Crippen molar-refractivity contribution < 1.29 is 23.4 Å². The van der Waals surface area contributed by atoms with Gasteiger partial charge in [0.15, 0.2) is 6.61 Å². The highest BCUT2D eigenvalue weighted by Crippen LogP contribution is 2.39. The fourth-order valence-corrected chi connectivity index (χ4v) is 5.35. The summed E-state index contributed by atoms with van der Waals surface area (Å²) in [6, 6.07) is 10.7. The first-order valence-corrected chi connectivity index (χ1v) is 12.4. The number of esters is 1. The first-order valence-electron chi connectivity index (χ1n) is 11.6. The van der Waals surface area contributed by atoms with Crippen LogP contribution in [0.2, 0.25) is 0 Å². The monoisotopic (exact) mass is 472 g/mol. The molecule has 3 rings (SSSR count). The number of unbranched alkanes of at least 4 members (excludes halogenated alkanes) is 1. The average molecular weight is 473 g/mol. The zero-order valence-corrected chi connectivity index (χ0v) is 20.7. The molecule has 0 aliphatic rings. The second kappa shape index (κ2) is 12.0. The van der Waals surface area contributed by atoms with Gasteiger partial charge in [0.2, 0.25) is 0 Å². The molecule has 1 unspecified atom stereocenters. The second-order valence-electron chi connectivity index (χ2n) is 8.23. The molecule has 2 aromatic carbocycles. The Bertz CT molecular complexity index is 1080. The van der Waals surface area contributed by atoms with Crippen molar-refractivity contribution in [1.29, 1.82) is 0 Å². The van der Waals surface area contributed by atoms with Gasteiger partial charge in [0.25, 0.3) is 0 Å². The minimum absolute atomic E-state index is 0.105. The van der Waals surface area contributed by atoms with Gasteiger partial charge in [0.05, 0.1) is 13.2 Å². The van der Waals surface area contributed by atoms with Crippen LogP contribution in [0.5, 0.6) is 11.5 Å². The molecular weight excluding hydrogens is 439 g/mol. The Morgan fingerprint density at radius 3 is 2.61 bits per heavy atom. The number of halogens is 1. The number of ether oxygens (including phenoxy) is 3. The van der Waals surface area contributed by atoms with Crippen LogP contribution in [0.3, 0.4) is 0 Å². The van der Waals surface area contributed by atoms with E-state index in [1.807, 2.05) is 31.2 Å². The van der Waals surface area contributed by atoms with Crippen molar-refractivity contribution in [3.63, 3.8) is 0 Å². The third kappa shape index (κ3) is 6.70. The number of fused-ring (bicyclic) bond motifs is 1. The number of benzene rings is 2. The maximum absolute atomic E-state index is 13.8. The lowest BCUT2D eigenvalue weighted by Crippen LogP contribution is -2.15. The highest BCUT2D eigenvalue weighted by atomic mass is 32.1. The number of hydrogen-bond acceptors (Lipinski definition) is 5. The van der Waals surface area contributed by atoms with E-state index in [0.717, 1.165) is 47.1 Å². The molecule has 1 atom stereocenters. The van der Waals surface area contributed by atoms with Crippen molar-refractivity contribution in [2.75, 3.05) is 19.8 Å². The third-order valence-corrected chi connectivity index (χ3v) is 7.18. The summed E-state index contributed by atoms with van der Waals surface area (Å²) in [6.07, 6.45) is 4.28. The van der Waals surface area contributed by atoms with Gasteiger partial charge in [0, 0.05) is 9.58 Å². The molecule has 1 heterocycles. The molecule has 0 amide bonds. The van der Waals surface area contributed by atoms with Crippen LogP contribution in [-0.4, -0.2) is 25.8 Å². The van der Waals surface area contributed by atoms with E-state index in [9.17, 15) is 9.18 Å². The van der Waals surface area contributed by atoms with E-state index in [-0.39, 0.29) is 18.4 Å². The number of rotatable bonds is 12. The molecule has 6 heteroatoms. The molecule has 0 saturated carbocycles. The van der Waals surface area contributed by atoms with Crippen molar-refractivity contribution in [1.82, 2.24) is 0 Å². The molecule has 3 aromatic rings. The summed E-state index contributed by atoms with van der Waals surface area (Å²) < 4.78 is 31.4. The van der Waals surface area contributed by atoms with Crippen molar-refractivity contribution in [2.45, 2.75) is 59.3 Å². The van der Waals surface area contributed by atoms with E-state index in [1.54, 1.807) is 24.3 Å². The number of hydrogen-bond donors (Lipinski definition) is 0. The number of carbonyl (C=O) groups is 1. The molecule has 33 heavy (non-hydrogen) atoms. The first kappa shape index (κ1) is 25.0. The maximum atomic E-state index is 13.8. The van der Waals surface area contributed by atoms with Gasteiger partial charge in [-0.05, 0) is 92.4 Å². The molecule has 0 spiro atoms. The van der Waals surface area contributed by atoms with Gasteiger partial charge in [-0.25, -0.2) is 9.18 Å². The van der Waals surface area contributed by atoms with Crippen molar-refractivity contribution in [2.24, 2.45) is 0 Å². The van der Waals surface area contributed by atoms with Gasteiger partial charge in [-0.3, -0.25) is 0 Å². The smallest absolute Gasteiger partial charge is 0.344 e. The van der Waals surface area contributed by atoms with E-state index in [2.05, 4.69) is 13.8 Å². The number of thiophene rings is 1. The fourth-order valence-electron chi connectivity index (χ4n) is 3.99. The Morgan fingerprint density at radius 2 is 1.88 bits per heavy atom. The van der Waals surface area contributed by atoms with Crippen LogP contribution >= 0.6 is 11.3 Å². The molecular formula is C27H33FO4S. The highest BCUT2D eigenvalue weighted by Gasteiger charge is 2.19. The molecule has 0 bridgehead atoms. The summed E-state index contributed by atoms with van der Waals surface area (Å²) in [6.45, 7) is 8.83. The molecule has 4 nitrogen and oxygen atoms in total. The van der Waals surface area contributed by atoms with Crippen molar-refractivity contribution in [3.05, 3.63) is 58.2 Å². The van der Waals surface area contributed by atoms with Gasteiger partial charge in [-0.2, -0.15) is 0 Å². The highest BCUT2D eigenvalue weighted by molar-refractivity contribution is 7.19. The van der Waals surface area contributed by atoms with Crippen LogP contribution < -0.4 is 9.47 Å². The molecule has 0 fully saturated rings. The van der Waals surface area contributed by atoms with Crippen molar-refractivity contribution >= 4 is 27.4 Å². The lowest BCUT2D eigenvalue weighted by Gasteiger charge is -2.17. The van der Waals surface area contributed by atoms with Crippen LogP contribution in [0.15, 0.2) is 36.4 Å². The zero-order chi connectivity index (χ0) is 23.8. The van der Waals surface area contributed by atoms with E-state index in [4.69, 9.17) is 14.2 Å². The SMILES string of the molecule is CCCCC(CCOc1ccc(OCC(=O)OCC)c(C)c1)c1sc2ccc(F)cc2c1C. The average Bonchev–Trinajstić information content (AvgIpc) is 3.11. The van der Waals surface area contributed by atoms with Crippen LogP contribution in [0.1, 0.15) is 61.5 Å². The predicted octanol–water partition coefficient (Wildman–Crippen LogP) is 7.34. The second-order valence-corrected chi connectivity index (χ2v) is 9.31. The normalized spacial score (nSPS) is 12.0. The quantitative estimate of drug-likeness (QED) is 0.259. The third-order valence-electron chi connectivity index (χ3n) is 5.74. The summed E-state index contributed by atoms with van der Waals surface area (Å²) in [5, 5.41) is 1.02. The van der Waals surface area contributed by atoms with Gasteiger partial charge in [-0.1, -0.05) is 19.8 Å². The molecule has 1 aromatic heterocycles. The zero-order valence-electron chi connectivity index (χ0n) is 19.9. The Kier molecular flexibility index (Phi) is 9.12. The topological polar surface area (TPSA) is 44.8 Å². The summed E-state index contributed by atoms with van der Waals surface area (Å²) in [5.74, 6) is 1.24. The largest absolute Gasteiger partial charge is 0.494 e. The summed E-state index contributed by atoms with van der Waals surface area (Å²) in [5.41, 5.74) is 2.09. The predicted molar refractivity (Wildman–Crippen MR) is 132 cm³/mol. The van der Waals surface area contributed by atoms with Gasteiger partial charge in [0.1, 0.15) is 17.3 Å². The minimum atomic E-state index is -0.380. The Morgan fingerprint density at radius 1 is 1.06 bits per heavy atom. The van der Waals surface area contributed by atoms with E-state index < -0.39 is 0 Å². The molecule has 0 saturated heterocycles. The molecule has 0 aliphatic heterocycles. The van der Waals surface area contributed by atoms with Gasteiger partial charge >= 0.3 is 5.97 Å².